The molecule has 0 saturated heterocycles. The first-order valence-corrected chi connectivity index (χ1v) is 5.95. The number of hydrogen-bond donors (Lipinski definition) is 0. The van der Waals surface area contributed by atoms with Gasteiger partial charge in [-0.25, -0.2) is 4.98 Å². The van der Waals surface area contributed by atoms with E-state index in [0.717, 1.165) is 35.3 Å². The molecule has 80 valence electrons. The highest BCUT2D eigenvalue weighted by atomic mass is 32.2. The zero-order chi connectivity index (χ0) is 10.5. The van der Waals surface area contributed by atoms with Crippen molar-refractivity contribution in [2.45, 2.75) is 12.1 Å². The van der Waals surface area contributed by atoms with E-state index in [1.807, 2.05) is 31.2 Å². The lowest BCUT2D eigenvalue weighted by Gasteiger charge is -1.96. The minimum Gasteiger partial charge on any atom is -0.431 e. The SMILES string of the molecule is CCOCCSc1nc2ccccc2o1. The molecule has 1 aromatic carbocycles. The van der Waals surface area contributed by atoms with Crippen LogP contribution < -0.4 is 0 Å². The first kappa shape index (κ1) is 10.5. The molecule has 2 rings (SSSR count). The molecule has 0 saturated carbocycles. The van der Waals surface area contributed by atoms with Crippen molar-refractivity contribution < 1.29 is 9.15 Å². The Bertz CT molecular complexity index is 394. The first-order valence-electron chi connectivity index (χ1n) is 4.96. The number of hydrogen-bond acceptors (Lipinski definition) is 4. The second-order valence-electron chi connectivity index (χ2n) is 2.99. The number of nitrogens with zero attached hydrogens (tertiary/aromatic N) is 1. The highest BCUT2D eigenvalue weighted by Crippen LogP contribution is 2.22. The third-order valence-electron chi connectivity index (χ3n) is 1.93. The van der Waals surface area contributed by atoms with Crippen LogP contribution in [0.25, 0.3) is 11.1 Å². The van der Waals surface area contributed by atoms with Crippen molar-refractivity contribution in [1.29, 1.82) is 0 Å². The molecule has 0 unspecified atom stereocenters. The molecule has 0 fully saturated rings. The fourth-order valence-electron chi connectivity index (χ4n) is 1.25. The first-order chi connectivity index (χ1) is 7.40. The van der Waals surface area contributed by atoms with Gasteiger partial charge in [0, 0.05) is 12.4 Å². The smallest absolute Gasteiger partial charge is 0.256 e. The van der Waals surface area contributed by atoms with Crippen LogP contribution in [0.1, 0.15) is 6.92 Å². The molecule has 0 N–H and O–H groups in total. The number of rotatable bonds is 5. The minimum atomic E-state index is 0.718. The average Bonchev–Trinajstić information content (AvgIpc) is 2.67. The summed E-state index contributed by atoms with van der Waals surface area (Å²) in [5.41, 5.74) is 1.76. The molecule has 0 aliphatic rings. The number of ether oxygens (including phenoxy) is 1. The Kier molecular flexibility index (Phi) is 3.64. The maximum absolute atomic E-state index is 5.54. The van der Waals surface area contributed by atoms with Crippen LogP contribution in [0.2, 0.25) is 0 Å². The Morgan fingerprint density at radius 3 is 3.07 bits per heavy atom. The normalized spacial score (nSPS) is 11.0. The molecular weight excluding hydrogens is 210 g/mol. The molecule has 0 bridgehead atoms. The highest BCUT2D eigenvalue weighted by molar-refractivity contribution is 7.99. The second-order valence-corrected chi connectivity index (χ2v) is 4.04. The van der Waals surface area contributed by atoms with E-state index in [9.17, 15) is 0 Å². The molecular formula is C11H13NO2S. The summed E-state index contributed by atoms with van der Waals surface area (Å²) in [6.07, 6.45) is 0. The van der Waals surface area contributed by atoms with Crippen molar-refractivity contribution in [1.82, 2.24) is 4.98 Å². The molecule has 0 aliphatic carbocycles. The van der Waals surface area contributed by atoms with E-state index in [0.29, 0.717) is 0 Å². The van der Waals surface area contributed by atoms with Gasteiger partial charge in [0.1, 0.15) is 5.52 Å². The lowest BCUT2D eigenvalue weighted by atomic mass is 10.3. The van der Waals surface area contributed by atoms with Crippen LogP contribution in [-0.2, 0) is 4.74 Å². The lowest BCUT2D eigenvalue weighted by Crippen LogP contribution is -1.95. The fourth-order valence-corrected chi connectivity index (χ4v) is 1.93. The van der Waals surface area contributed by atoms with E-state index in [1.165, 1.54) is 0 Å². The molecule has 3 nitrogen and oxygen atoms in total. The summed E-state index contributed by atoms with van der Waals surface area (Å²) < 4.78 is 10.8. The largest absolute Gasteiger partial charge is 0.431 e. The van der Waals surface area contributed by atoms with Crippen molar-refractivity contribution in [2.75, 3.05) is 19.0 Å². The third-order valence-corrected chi connectivity index (χ3v) is 2.72. The monoisotopic (exact) mass is 223 g/mol. The van der Waals surface area contributed by atoms with Crippen LogP contribution >= 0.6 is 11.8 Å². The Labute approximate surface area is 92.8 Å². The minimum absolute atomic E-state index is 0.718. The van der Waals surface area contributed by atoms with Gasteiger partial charge in [-0.2, -0.15) is 0 Å². The molecule has 15 heavy (non-hydrogen) atoms. The number of thioether (sulfide) groups is 1. The molecule has 1 heterocycles. The van der Waals surface area contributed by atoms with Gasteiger partial charge in [-0.1, -0.05) is 23.9 Å². The molecule has 1 aromatic heterocycles. The maximum Gasteiger partial charge on any atom is 0.256 e. The average molecular weight is 223 g/mol. The Morgan fingerprint density at radius 2 is 2.27 bits per heavy atom. The molecule has 0 atom stereocenters. The van der Waals surface area contributed by atoms with E-state index in [4.69, 9.17) is 9.15 Å². The van der Waals surface area contributed by atoms with E-state index in [2.05, 4.69) is 4.98 Å². The highest BCUT2D eigenvalue weighted by Gasteiger charge is 2.04. The zero-order valence-electron chi connectivity index (χ0n) is 8.60. The number of benzene rings is 1. The van der Waals surface area contributed by atoms with E-state index >= 15 is 0 Å². The van der Waals surface area contributed by atoms with Gasteiger partial charge in [0.05, 0.1) is 6.61 Å². The van der Waals surface area contributed by atoms with Gasteiger partial charge in [-0.3, -0.25) is 0 Å². The van der Waals surface area contributed by atoms with E-state index in [1.54, 1.807) is 11.8 Å². The second kappa shape index (κ2) is 5.19. The van der Waals surface area contributed by atoms with Crippen molar-refractivity contribution in [3.05, 3.63) is 24.3 Å². The van der Waals surface area contributed by atoms with Crippen LogP contribution in [0.5, 0.6) is 0 Å². The Balaban J connectivity index is 1.97. The summed E-state index contributed by atoms with van der Waals surface area (Å²) in [5.74, 6) is 0.876. The van der Waals surface area contributed by atoms with Gasteiger partial charge >= 0.3 is 0 Å². The summed E-state index contributed by atoms with van der Waals surface area (Å²) in [5, 5.41) is 0.718. The van der Waals surface area contributed by atoms with Gasteiger partial charge < -0.3 is 9.15 Å². The van der Waals surface area contributed by atoms with Crippen molar-refractivity contribution in [2.24, 2.45) is 0 Å². The van der Waals surface area contributed by atoms with Gasteiger partial charge in [-0.15, -0.1) is 0 Å². The standard InChI is InChI=1S/C11H13NO2S/c1-2-13-7-8-15-11-12-9-5-3-4-6-10(9)14-11/h3-6H,2,7-8H2,1H3. The topological polar surface area (TPSA) is 35.3 Å². The quantitative estimate of drug-likeness (QED) is 0.576. The van der Waals surface area contributed by atoms with Gasteiger partial charge in [-0.05, 0) is 19.1 Å². The van der Waals surface area contributed by atoms with E-state index in [-0.39, 0.29) is 0 Å². The summed E-state index contributed by atoms with van der Waals surface area (Å²) in [4.78, 5) is 4.35. The van der Waals surface area contributed by atoms with Crippen LogP contribution in [0.4, 0.5) is 0 Å². The lowest BCUT2D eigenvalue weighted by molar-refractivity contribution is 0.164. The molecule has 0 aliphatic heterocycles. The molecule has 0 radical (unpaired) electrons. The van der Waals surface area contributed by atoms with Crippen molar-refractivity contribution >= 4 is 22.9 Å². The Hall–Kier alpha value is -1.00. The number of aromatic nitrogens is 1. The number of fused-ring (bicyclic) bond motifs is 1. The summed E-state index contributed by atoms with van der Waals surface area (Å²) in [6, 6.07) is 7.78. The summed E-state index contributed by atoms with van der Waals surface area (Å²) >= 11 is 1.58. The van der Waals surface area contributed by atoms with E-state index < -0.39 is 0 Å². The van der Waals surface area contributed by atoms with Crippen molar-refractivity contribution in [3.63, 3.8) is 0 Å². The van der Waals surface area contributed by atoms with Gasteiger partial charge in [0.25, 0.3) is 5.22 Å². The third kappa shape index (κ3) is 2.73. The predicted molar refractivity (Wildman–Crippen MR) is 61.2 cm³/mol. The number of para-hydroxylation sites is 2. The molecule has 2 aromatic rings. The molecule has 0 spiro atoms. The van der Waals surface area contributed by atoms with Crippen LogP contribution in [0.15, 0.2) is 33.9 Å². The van der Waals surface area contributed by atoms with Crippen LogP contribution in [-0.4, -0.2) is 24.0 Å². The van der Waals surface area contributed by atoms with Gasteiger partial charge in [0.2, 0.25) is 0 Å². The maximum atomic E-state index is 5.54. The summed E-state index contributed by atoms with van der Waals surface area (Å²) in [7, 11) is 0. The molecule has 0 amide bonds. The predicted octanol–water partition coefficient (Wildman–Crippen LogP) is 2.96. The number of oxazole rings is 1. The molecule has 4 heteroatoms. The van der Waals surface area contributed by atoms with Gasteiger partial charge in [0.15, 0.2) is 5.58 Å². The Morgan fingerprint density at radius 1 is 1.40 bits per heavy atom. The van der Waals surface area contributed by atoms with Crippen LogP contribution in [0.3, 0.4) is 0 Å². The van der Waals surface area contributed by atoms with Crippen molar-refractivity contribution in [3.8, 4) is 0 Å². The fraction of sp³-hybridized carbons (Fsp3) is 0.364. The van der Waals surface area contributed by atoms with Crippen LogP contribution in [0, 0.1) is 0 Å². The zero-order valence-corrected chi connectivity index (χ0v) is 9.42. The summed E-state index contributed by atoms with van der Waals surface area (Å²) in [6.45, 7) is 3.48.